The molecule has 0 bridgehead atoms. The fourth-order valence-electron chi connectivity index (χ4n) is 9.00. The zero-order valence-electron chi connectivity index (χ0n) is 21.7. The summed E-state index contributed by atoms with van der Waals surface area (Å²) in [6, 6.07) is 0. The van der Waals surface area contributed by atoms with Gasteiger partial charge in [0, 0.05) is 0 Å². The van der Waals surface area contributed by atoms with Crippen LogP contribution in [0.15, 0.2) is 0 Å². The minimum Gasteiger partial charge on any atom is -0.0971 e. The van der Waals surface area contributed by atoms with Gasteiger partial charge in [-0.1, -0.05) is 92.9 Å². The van der Waals surface area contributed by atoms with Gasteiger partial charge in [-0.05, 0) is 111 Å². The molecule has 0 aromatic carbocycles. The van der Waals surface area contributed by atoms with Gasteiger partial charge in [0.1, 0.15) is 0 Å². The van der Waals surface area contributed by atoms with E-state index in [9.17, 15) is 0 Å². The van der Waals surface area contributed by atoms with E-state index in [1.54, 1.807) is 154 Å². The molecule has 0 amide bonds. The second-order valence-electron chi connectivity index (χ2n) is 12.5. The van der Waals surface area contributed by atoms with Crippen molar-refractivity contribution in [2.75, 3.05) is 0 Å². The minimum absolute atomic E-state index is 0. The van der Waals surface area contributed by atoms with Gasteiger partial charge >= 0.3 is 19.5 Å². The zero-order valence-corrected chi connectivity index (χ0v) is 25.2. The van der Waals surface area contributed by atoms with Crippen LogP contribution in [0.25, 0.3) is 0 Å². The summed E-state index contributed by atoms with van der Waals surface area (Å²) in [5, 5.41) is 0. The van der Waals surface area contributed by atoms with Crippen molar-refractivity contribution in [2.45, 2.75) is 188 Å². The predicted molar refractivity (Wildman–Crippen MR) is 147 cm³/mol. The third-order valence-electron chi connectivity index (χ3n) is 10.5. The first-order valence-corrected chi connectivity index (χ1v) is 18.5. The van der Waals surface area contributed by atoms with E-state index in [1.165, 1.54) is 34.0 Å². The quantitative estimate of drug-likeness (QED) is 0.218. The van der Waals surface area contributed by atoms with E-state index in [4.69, 9.17) is 0 Å². The molecule has 3 heteroatoms. The molecule has 0 aromatic rings. The Kier molecular flexibility index (Phi) is 12.0. The van der Waals surface area contributed by atoms with E-state index in [0.29, 0.717) is 15.8 Å². The van der Waals surface area contributed by atoms with Crippen LogP contribution in [-0.2, 0) is 19.5 Å². The van der Waals surface area contributed by atoms with Crippen molar-refractivity contribution < 1.29 is 19.5 Å². The Morgan fingerprint density at radius 3 is 0.485 bits per heavy atom. The first kappa shape index (κ1) is 27.5. The monoisotopic (exact) mass is 578 g/mol. The molecular formula is C30H54P2Ru+2. The summed E-state index contributed by atoms with van der Waals surface area (Å²) in [5.74, 6) is 0. The molecule has 0 aromatic heterocycles. The Balaban J connectivity index is 0.000000152. The van der Waals surface area contributed by atoms with Crippen LogP contribution in [0.2, 0.25) is 0 Å². The molecule has 0 heterocycles. The maximum absolute atomic E-state index is 1.61. The molecule has 0 spiro atoms. The third-order valence-corrected chi connectivity index (χ3v) is 18.6. The Bertz CT molecular complexity index is 393. The smallest absolute Gasteiger partial charge is 0.0971 e. The van der Waals surface area contributed by atoms with Gasteiger partial charge in [0.15, 0.2) is 0 Å². The van der Waals surface area contributed by atoms with Crippen LogP contribution in [-0.4, -0.2) is 34.0 Å². The van der Waals surface area contributed by atoms with E-state index >= 15 is 0 Å². The van der Waals surface area contributed by atoms with Gasteiger partial charge in [0.05, 0.1) is 0 Å². The van der Waals surface area contributed by atoms with Crippen molar-refractivity contribution in [1.82, 2.24) is 0 Å². The molecule has 6 aliphatic carbocycles. The Hall–Kier alpha value is 1.48. The third kappa shape index (κ3) is 7.29. The molecular weight excluding hydrogens is 523 g/mol. The number of hydrogen-bond acceptors (Lipinski definition) is 0. The molecule has 0 aliphatic heterocycles. The normalized spacial score (nSPS) is 28.9. The van der Waals surface area contributed by atoms with Crippen molar-refractivity contribution in [1.29, 1.82) is 0 Å². The molecule has 0 atom stereocenters. The molecule has 6 rings (SSSR count). The first-order valence-electron chi connectivity index (χ1n) is 15.4. The average molecular weight is 578 g/mol. The van der Waals surface area contributed by atoms with Gasteiger partial charge in [0.25, 0.3) is 0 Å². The summed E-state index contributed by atoms with van der Waals surface area (Å²) < 4.78 is 0. The Morgan fingerprint density at radius 2 is 0.364 bits per heavy atom. The maximum atomic E-state index is 1.61. The van der Waals surface area contributed by atoms with Gasteiger partial charge in [-0.2, -0.15) is 0 Å². The van der Waals surface area contributed by atoms with Crippen molar-refractivity contribution in [2.24, 2.45) is 0 Å². The largest absolute Gasteiger partial charge is 2.00 e. The second-order valence-corrected chi connectivity index (χ2v) is 18.7. The van der Waals surface area contributed by atoms with Crippen molar-refractivity contribution in [3.8, 4) is 0 Å². The summed E-state index contributed by atoms with van der Waals surface area (Å²) in [5.41, 5.74) is 7.26. The van der Waals surface area contributed by atoms with Gasteiger partial charge in [-0.3, -0.25) is 0 Å². The Morgan fingerprint density at radius 1 is 0.242 bits per heavy atom. The predicted octanol–water partition coefficient (Wildman–Crippen LogP) is 10.6. The van der Waals surface area contributed by atoms with Crippen molar-refractivity contribution >= 4 is 15.8 Å². The molecule has 0 saturated heterocycles. The van der Waals surface area contributed by atoms with E-state index in [-0.39, 0.29) is 19.5 Å². The zero-order chi connectivity index (χ0) is 21.6. The molecule has 190 valence electrons. The molecule has 6 saturated carbocycles. The van der Waals surface area contributed by atoms with Gasteiger partial charge in [0.2, 0.25) is 0 Å². The summed E-state index contributed by atoms with van der Waals surface area (Å²) >= 11 is 0. The Labute approximate surface area is 222 Å². The summed E-state index contributed by atoms with van der Waals surface area (Å²) in [7, 11) is 0.872. The summed E-state index contributed by atoms with van der Waals surface area (Å²) in [4.78, 5) is 0. The average Bonchev–Trinajstić information content (AvgIpc) is 3.67. The standard InChI is InChI=1S/2C15H27P.Ru/c2*1-2-8-13(7-1)16(14-9-3-4-10-14)15-11-5-6-12-15;/h2*13-15H,1-12H2;/q;;+2. The van der Waals surface area contributed by atoms with Crippen LogP contribution in [0.1, 0.15) is 154 Å². The molecule has 6 aliphatic rings. The fourth-order valence-corrected chi connectivity index (χ4v) is 18.3. The molecule has 0 unspecified atom stereocenters. The molecule has 0 nitrogen and oxygen atoms in total. The van der Waals surface area contributed by atoms with Gasteiger partial charge < -0.3 is 0 Å². The van der Waals surface area contributed by atoms with E-state index in [0.717, 1.165) is 0 Å². The van der Waals surface area contributed by atoms with Crippen LogP contribution in [0.3, 0.4) is 0 Å². The minimum atomic E-state index is 0. The first-order chi connectivity index (χ1) is 15.9. The van der Waals surface area contributed by atoms with Gasteiger partial charge in [-0.25, -0.2) is 0 Å². The molecule has 33 heavy (non-hydrogen) atoms. The van der Waals surface area contributed by atoms with E-state index in [2.05, 4.69) is 0 Å². The summed E-state index contributed by atoms with van der Waals surface area (Å²) in [6.45, 7) is 0. The second kappa shape index (κ2) is 14.4. The topological polar surface area (TPSA) is 0 Å². The fraction of sp³-hybridized carbons (Fsp3) is 1.00. The van der Waals surface area contributed by atoms with Gasteiger partial charge in [-0.15, -0.1) is 0 Å². The van der Waals surface area contributed by atoms with Crippen LogP contribution in [0.5, 0.6) is 0 Å². The molecule has 0 N–H and O–H groups in total. The SMILES string of the molecule is C1CCC(P(C2CCCC2)C2CCCC2)C1.C1CCC(P(C2CCCC2)C2CCCC2)C1.[Ru+2]. The number of hydrogen-bond donors (Lipinski definition) is 0. The van der Waals surface area contributed by atoms with Crippen LogP contribution in [0, 0.1) is 0 Å². The van der Waals surface area contributed by atoms with Crippen molar-refractivity contribution in [3.05, 3.63) is 0 Å². The van der Waals surface area contributed by atoms with E-state index in [1.807, 2.05) is 0 Å². The van der Waals surface area contributed by atoms with Crippen LogP contribution >= 0.6 is 15.8 Å². The molecule has 6 fully saturated rings. The number of rotatable bonds is 6. The van der Waals surface area contributed by atoms with Crippen LogP contribution in [0.4, 0.5) is 0 Å². The van der Waals surface area contributed by atoms with Crippen molar-refractivity contribution in [3.63, 3.8) is 0 Å². The van der Waals surface area contributed by atoms with E-state index < -0.39 is 0 Å². The van der Waals surface area contributed by atoms with Crippen LogP contribution < -0.4 is 0 Å². The maximum Gasteiger partial charge on any atom is 2.00 e. The summed E-state index contributed by atoms with van der Waals surface area (Å²) in [6.07, 6.45) is 38.0. The molecule has 0 radical (unpaired) electrons.